The molecule has 1 N–H and O–H groups in total. The van der Waals surface area contributed by atoms with Crippen LogP contribution < -0.4 is 4.90 Å². The van der Waals surface area contributed by atoms with Crippen LogP contribution in [-0.2, 0) is 6.54 Å². The summed E-state index contributed by atoms with van der Waals surface area (Å²) < 4.78 is 0. The van der Waals surface area contributed by atoms with Crippen LogP contribution in [-0.4, -0.2) is 71.2 Å². The minimum atomic E-state index is -0.282. The number of H-pyrrole nitrogens is 1. The molecule has 2 fully saturated rings. The van der Waals surface area contributed by atoms with Crippen molar-refractivity contribution in [3.05, 3.63) is 63.3 Å². The van der Waals surface area contributed by atoms with Gasteiger partial charge in [-0.25, -0.2) is 0 Å². The van der Waals surface area contributed by atoms with Crippen molar-refractivity contribution in [2.24, 2.45) is 0 Å². The highest BCUT2D eigenvalue weighted by Gasteiger charge is 2.24. The Kier molecular flexibility index (Phi) is 6.11. The quantitative estimate of drug-likeness (QED) is 0.456. The van der Waals surface area contributed by atoms with Gasteiger partial charge in [-0.05, 0) is 43.2 Å². The van der Waals surface area contributed by atoms with Crippen molar-refractivity contribution in [2.75, 3.05) is 51.2 Å². The number of nitrogens with zero attached hydrogens (tertiary/aromatic N) is 5. The van der Waals surface area contributed by atoms with Crippen molar-refractivity contribution >= 4 is 34.4 Å². The molecule has 3 aromatic rings. The van der Waals surface area contributed by atoms with Crippen molar-refractivity contribution in [1.82, 2.24) is 20.0 Å². The maximum absolute atomic E-state index is 11.8. The standard InChI is InChI=1S/C25H30N6O2/c1-28-11-13-29(14-12-28)18-20-6-4-5-19(15-20)7-8-22-21-16-25(31(32)33)24(17-23(21)27-26-22)30-9-2-3-10-30/h4-8,15-17H,2-3,9-14,18H2,1H3,(H,26,27)/b8-7+. The molecule has 0 atom stereocenters. The van der Waals surface area contributed by atoms with E-state index in [1.54, 1.807) is 6.07 Å². The van der Waals surface area contributed by atoms with Gasteiger partial charge in [-0.15, -0.1) is 0 Å². The van der Waals surface area contributed by atoms with E-state index >= 15 is 0 Å². The number of nitro benzene ring substituents is 1. The molecule has 0 aliphatic carbocycles. The first-order chi connectivity index (χ1) is 16.1. The van der Waals surface area contributed by atoms with E-state index in [4.69, 9.17) is 0 Å². The Morgan fingerprint density at radius 3 is 2.61 bits per heavy atom. The molecular weight excluding hydrogens is 416 g/mol. The van der Waals surface area contributed by atoms with E-state index in [-0.39, 0.29) is 10.6 Å². The maximum Gasteiger partial charge on any atom is 0.293 e. The van der Waals surface area contributed by atoms with Gasteiger partial charge in [-0.2, -0.15) is 5.10 Å². The molecule has 0 spiro atoms. The largest absolute Gasteiger partial charge is 0.366 e. The van der Waals surface area contributed by atoms with Gasteiger partial charge in [0.25, 0.3) is 5.69 Å². The van der Waals surface area contributed by atoms with Gasteiger partial charge in [-0.1, -0.05) is 30.3 Å². The lowest BCUT2D eigenvalue weighted by Gasteiger charge is -2.32. The first kappa shape index (κ1) is 21.6. The summed E-state index contributed by atoms with van der Waals surface area (Å²) in [5, 5.41) is 20.0. The number of nitro groups is 1. The molecule has 0 amide bonds. The molecule has 33 heavy (non-hydrogen) atoms. The van der Waals surface area contributed by atoms with E-state index < -0.39 is 0 Å². The van der Waals surface area contributed by atoms with Gasteiger partial charge < -0.3 is 9.80 Å². The van der Waals surface area contributed by atoms with Crippen molar-refractivity contribution in [2.45, 2.75) is 19.4 Å². The molecule has 0 bridgehead atoms. The highest BCUT2D eigenvalue weighted by Crippen LogP contribution is 2.35. The summed E-state index contributed by atoms with van der Waals surface area (Å²) in [7, 11) is 2.17. The number of piperazine rings is 1. The van der Waals surface area contributed by atoms with Gasteiger partial charge in [0.05, 0.1) is 16.1 Å². The molecule has 2 saturated heterocycles. The van der Waals surface area contributed by atoms with E-state index in [2.05, 4.69) is 56.2 Å². The molecule has 2 aliphatic heterocycles. The zero-order chi connectivity index (χ0) is 22.8. The lowest BCUT2D eigenvalue weighted by atomic mass is 10.1. The highest BCUT2D eigenvalue weighted by atomic mass is 16.6. The lowest BCUT2D eigenvalue weighted by Crippen LogP contribution is -2.43. The number of hydrogen-bond donors (Lipinski definition) is 1. The van der Waals surface area contributed by atoms with Crippen LogP contribution in [0.1, 0.15) is 29.7 Å². The minimum absolute atomic E-state index is 0.148. The van der Waals surface area contributed by atoms with Gasteiger partial charge >= 0.3 is 0 Å². The molecule has 0 unspecified atom stereocenters. The predicted octanol–water partition coefficient (Wildman–Crippen LogP) is 3.99. The first-order valence-corrected chi connectivity index (χ1v) is 11.7. The van der Waals surface area contributed by atoms with Crippen molar-refractivity contribution in [3.8, 4) is 0 Å². The molecule has 5 rings (SSSR count). The van der Waals surface area contributed by atoms with Gasteiger partial charge in [0.2, 0.25) is 0 Å². The summed E-state index contributed by atoms with van der Waals surface area (Å²) >= 11 is 0. The third-order valence-electron chi connectivity index (χ3n) is 6.72. The number of hydrogen-bond acceptors (Lipinski definition) is 6. The summed E-state index contributed by atoms with van der Waals surface area (Å²) in [4.78, 5) is 18.4. The Hall–Kier alpha value is -3.23. The maximum atomic E-state index is 11.8. The van der Waals surface area contributed by atoms with Gasteiger partial charge in [0.15, 0.2) is 0 Å². The molecule has 0 saturated carbocycles. The highest BCUT2D eigenvalue weighted by molar-refractivity contribution is 5.94. The van der Waals surface area contributed by atoms with E-state index in [1.807, 2.05) is 18.2 Å². The third kappa shape index (κ3) is 4.77. The number of benzene rings is 2. The molecule has 0 radical (unpaired) electrons. The van der Waals surface area contributed by atoms with E-state index in [1.165, 1.54) is 5.56 Å². The molecule has 1 aromatic heterocycles. The number of nitrogens with one attached hydrogen (secondary N) is 1. The van der Waals surface area contributed by atoms with Crippen LogP contribution in [0.25, 0.3) is 23.1 Å². The average molecular weight is 447 g/mol. The average Bonchev–Trinajstić information content (AvgIpc) is 3.48. The van der Waals surface area contributed by atoms with Gasteiger partial charge in [-0.3, -0.25) is 20.1 Å². The number of likely N-dealkylation sites (N-methyl/N-ethyl adjacent to an activating group) is 1. The lowest BCUT2D eigenvalue weighted by molar-refractivity contribution is -0.384. The summed E-state index contributed by atoms with van der Waals surface area (Å²) in [6.45, 7) is 7.07. The summed E-state index contributed by atoms with van der Waals surface area (Å²) in [5.74, 6) is 0. The van der Waals surface area contributed by atoms with E-state index in [0.29, 0.717) is 11.4 Å². The van der Waals surface area contributed by atoms with Gasteiger partial charge in [0.1, 0.15) is 5.69 Å². The Balaban J connectivity index is 1.37. The van der Waals surface area contributed by atoms with Crippen LogP contribution in [0.2, 0.25) is 0 Å². The number of rotatable bonds is 6. The van der Waals surface area contributed by atoms with Crippen LogP contribution in [0.5, 0.6) is 0 Å². The number of anilines is 1. The normalized spacial score (nSPS) is 18.0. The van der Waals surface area contributed by atoms with Gasteiger partial charge in [0, 0.05) is 57.3 Å². The van der Waals surface area contributed by atoms with Crippen LogP contribution in [0.15, 0.2) is 36.4 Å². The van der Waals surface area contributed by atoms with Crippen LogP contribution >= 0.6 is 0 Å². The molecule has 2 aromatic carbocycles. The monoisotopic (exact) mass is 446 g/mol. The summed E-state index contributed by atoms with van der Waals surface area (Å²) in [6, 6.07) is 12.1. The zero-order valence-corrected chi connectivity index (χ0v) is 19.0. The zero-order valence-electron chi connectivity index (χ0n) is 19.0. The fourth-order valence-electron chi connectivity index (χ4n) is 4.78. The second-order valence-electron chi connectivity index (χ2n) is 9.10. The molecular formula is C25H30N6O2. The molecule has 2 aliphatic rings. The predicted molar refractivity (Wildman–Crippen MR) is 132 cm³/mol. The second-order valence-corrected chi connectivity index (χ2v) is 9.10. The Labute approximate surface area is 193 Å². The van der Waals surface area contributed by atoms with Crippen LogP contribution in [0, 0.1) is 10.1 Å². The second kappa shape index (κ2) is 9.33. The van der Waals surface area contributed by atoms with Crippen molar-refractivity contribution in [3.63, 3.8) is 0 Å². The SMILES string of the molecule is CN1CCN(Cc2cccc(/C=C/c3n[nH]c4cc(N5CCCC5)c([N+](=O)[O-])cc34)c2)CC1. The number of aromatic nitrogens is 2. The topological polar surface area (TPSA) is 81.5 Å². The molecule has 3 heterocycles. The van der Waals surface area contributed by atoms with Crippen LogP contribution in [0.3, 0.4) is 0 Å². The molecule has 8 nitrogen and oxygen atoms in total. The van der Waals surface area contributed by atoms with Crippen molar-refractivity contribution < 1.29 is 4.92 Å². The van der Waals surface area contributed by atoms with E-state index in [0.717, 1.165) is 75.1 Å². The number of fused-ring (bicyclic) bond motifs is 1. The van der Waals surface area contributed by atoms with E-state index in [9.17, 15) is 10.1 Å². The third-order valence-corrected chi connectivity index (χ3v) is 6.72. The molecule has 8 heteroatoms. The minimum Gasteiger partial charge on any atom is -0.366 e. The smallest absolute Gasteiger partial charge is 0.293 e. The Bertz CT molecular complexity index is 1170. The van der Waals surface area contributed by atoms with Crippen molar-refractivity contribution in [1.29, 1.82) is 0 Å². The van der Waals surface area contributed by atoms with Crippen LogP contribution in [0.4, 0.5) is 11.4 Å². The Morgan fingerprint density at radius 2 is 1.85 bits per heavy atom. The fraction of sp³-hybridized carbons (Fsp3) is 0.400. The summed E-state index contributed by atoms with van der Waals surface area (Å²) in [6.07, 6.45) is 6.11. The molecule has 172 valence electrons. The number of aromatic amines is 1. The first-order valence-electron chi connectivity index (χ1n) is 11.7. The Morgan fingerprint density at radius 1 is 1.06 bits per heavy atom. The fourth-order valence-corrected chi connectivity index (χ4v) is 4.78. The summed E-state index contributed by atoms with van der Waals surface area (Å²) in [5.41, 5.74) is 4.76.